The molecule has 0 atom stereocenters. The quantitative estimate of drug-likeness (QED) is 0.724. The molecule has 28 heavy (non-hydrogen) atoms. The molecule has 0 saturated carbocycles. The lowest BCUT2D eigenvalue weighted by Gasteiger charge is -2.16. The van der Waals surface area contributed by atoms with Gasteiger partial charge in [0.25, 0.3) is 5.91 Å². The van der Waals surface area contributed by atoms with E-state index in [4.69, 9.17) is 14.7 Å². The van der Waals surface area contributed by atoms with Crippen molar-refractivity contribution in [2.45, 2.75) is 11.8 Å². The number of nitrogens with zero attached hydrogens (tertiary/aromatic N) is 2. The molecular weight excluding hydrogens is 382 g/mol. The number of ether oxygens (including phenoxy) is 2. The fourth-order valence-corrected chi connectivity index (χ4v) is 3.33. The Kier molecular flexibility index (Phi) is 6.98. The van der Waals surface area contributed by atoms with Crippen LogP contribution < -0.4 is 14.8 Å². The minimum Gasteiger partial charge on any atom is -0.492 e. The standard InChI is InChI=1S/C19H21N3O5S/c1-4-26-17-10-9-15(11-18(17)28(24,25)22(2)3)21-19(23)13-27-16-8-6-5-7-14(16)12-20/h5-11H,4,13H2,1-3H3,(H,21,23). The van der Waals surface area contributed by atoms with E-state index in [0.29, 0.717) is 17.9 Å². The van der Waals surface area contributed by atoms with Gasteiger partial charge >= 0.3 is 0 Å². The number of carbonyl (C=O) groups is 1. The number of nitriles is 1. The molecule has 0 radical (unpaired) electrons. The zero-order chi connectivity index (χ0) is 20.7. The molecule has 0 aliphatic heterocycles. The smallest absolute Gasteiger partial charge is 0.262 e. The first-order valence-electron chi connectivity index (χ1n) is 8.40. The first-order chi connectivity index (χ1) is 13.3. The molecule has 148 valence electrons. The van der Waals surface area contributed by atoms with Crippen LogP contribution in [0.5, 0.6) is 11.5 Å². The third-order valence-corrected chi connectivity index (χ3v) is 5.49. The minimum atomic E-state index is -3.76. The molecule has 0 spiro atoms. The molecule has 0 fully saturated rings. The van der Waals surface area contributed by atoms with Crippen molar-refractivity contribution in [3.8, 4) is 17.6 Å². The largest absolute Gasteiger partial charge is 0.492 e. The summed E-state index contributed by atoms with van der Waals surface area (Å²) in [6, 6.07) is 12.9. The highest BCUT2D eigenvalue weighted by molar-refractivity contribution is 7.89. The average Bonchev–Trinajstić information content (AvgIpc) is 2.67. The van der Waals surface area contributed by atoms with E-state index in [0.717, 1.165) is 4.31 Å². The van der Waals surface area contributed by atoms with Gasteiger partial charge in [-0.25, -0.2) is 12.7 Å². The molecule has 9 heteroatoms. The van der Waals surface area contributed by atoms with Gasteiger partial charge in [-0.05, 0) is 37.3 Å². The summed E-state index contributed by atoms with van der Waals surface area (Å²) in [4.78, 5) is 12.1. The van der Waals surface area contributed by atoms with Gasteiger partial charge in [-0.1, -0.05) is 12.1 Å². The monoisotopic (exact) mass is 403 g/mol. The molecule has 1 N–H and O–H groups in total. The Labute approximate surface area is 164 Å². The van der Waals surface area contributed by atoms with E-state index in [-0.39, 0.29) is 22.9 Å². The Morgan fingerprint density at radius 2 is 1.86 bits per heavy atom. The molecule has 0 saturated heterocycles. The number of benzene rings is 2. The van der Waals surface area contributed by atoms with Gasteiger partial charge in [0.15, 0.2) is 6.61 Å². The van der Waals surface area contributed by atoms with E-state index < -0.39 is 15.9 Å². The molecule has 0 unspecified atom stereocenters. The molecule has 0 aliphatic rings. The van der Waals surface area contributed by atoms with Gasteiger partial charge in [-0.3, -0.25) is 4.79 Å². The number of amides is 1. The number of hydrogen-bond donors (Lipinski definition) is 1. The molecule has 1 amide bonds. The zero-order valence-electron chi connectivity index (χ0n) is 15.8. The van der Waals surface area contributed by atoms with Crippen LogP contribution in [-0.4, -0.2) is 45.9 Å². The van der Waals surface area contributed by atoms with E-state index in [1.165, 1.54) is 26.2 Å². The van der Waals surface area contributed by atoms with Gasteiger partial charge in [0.05, 0.1) is 12.2 Å². The second-order valence-corrected chi connectivity index (χ2v) is 7.95. The summed E-state index contributed by atoms with van der Waals surface area (Å²) in [5, 5.41) is 11.6. The maximum absolute atomic E-state index is 12.5. The number of nitrogens with one attached hydrogen (secondary N) is 1. The second kappa shape index (κ2) is 9.21. The number of anilines is 1. The predicted molar refractivity (Wildman–Crippen MR) is 104 cm³/mol. The molecule has 0 aromatic heterocycles. The van der Waals surface area contributed by atoms with E-state index >= 15 is 0 Å². The summed E-state index contributed by atoms with van der Waals surface area (Å²) in [7, 11) is -0.936. The van der Waals surface area contributed by atoms with Crippen LogP contribution in [0.3, 0.4) is 0 Å². The molecule has 2 aromatic rings. The van der Waals surface area contributed by atoms with Crippen LogP contribution in [0.2, 0.25) is 0 Å². The van der Waals surface area contributed by atoms with Crippen LogP contribution in [0, 0.1) is 11.3 Å². The van der Waals surface area contributed by atoms with Crippen molar-refractivity contribution >= 4 is 21.6 Å². The Bertz CT molecular complexity index is 997. The predicted octanol–water partition coefficient (Wildman–Crippen LogP) is 2.22. The van der Waals surface area contributed by atoms with Crippen molar-refractivity contribution in [3.05, 3.63) is 48.0 Å². The zero-order valence-corrected chi connectivity index (χ0v) is 16.6. The minimum absolute atomic E-state index is 0.0482. The lowest BCUT2D eigenvalue weighted by atomic mass is 10.2. The van der Waals surface area contributed by atoms with Crippen molar-refractivity contribution in [3.63, 3.8) is 0 Å². The molecule has 0 bridgehead atoms. The topological polar surface area (TPSA) is 109 Å². The van der Waals surface area contributed by atoms with Gasteiger partial charge in [0, 0.05) is 19.8 Å². The molecule has 0 heterocycles. The first-order valence-corrected chi connectivity index (χ1v) is 9.84. The molecular formula is C19H21N3O5S. The summed E-state index contributed by atoms with van der Waals surface area (Å²) in [5.41, 5.74) is 0.599. The van der Waals surface area contributed by atoms with E-state index in [1.807, 2.05) is 6.07 Å². The maximum Gasteiger partial charge on any atom is 0.262 e. The number of sulfonamides is 1. The summed E-state index contributed by atoms with van der Waals surface area (Å²) in [6.07, 6.45) is 0. The third-order valence-electron chi connectivity index (χ3n) is 3.65. The normalized spacial score (nSPS) is 11.0. The van der Waals surface area contributed by atoms with Crippen LogP contribution in [0.15, 0.2) is 47.4 Å². The highest BCUT2D eigenvalue weighted by Crippen LogP contribution is 2.29. The molecule has 2 aromatic carbocycles. The summed E-state index contributed by atoms with van der Waals surface area (Å²) < 4.78 is 36.9. The lowest BCUT2D eigenvalue weighted by molar-refractivity contribution is -0.118. The molecule has 2 rings (SSSR count). The van der Waals surface area contributed by atoms with Crippen molar-refractivity contribution in [1.82, 2.24) is 4.31 Å². The molecule has 8 nitrogen and oxygen atoms in total. The van der Waals surface area contributed by atoms with Crippen LogP contribution in [0.1, 0.15) is 12.5 Å². The summed E-state index contributed by atoms with van der Waals surface area (Å²) in [6.45, 7) is 1.72. The number of hydrogen-bond acceptors (Lipinski definition) is 6. The highest BCUT2D eigenvalue weighted by Gasteiger charge is 2.23. The van der Waals surface area contributed by atoms with Crippen LogP contribution in [0.25, 0.3) is 0 Å². The second-order valence-electron chi connectivity index (χ2n) is 5.83. The Morgan fingerprint density at radius 1 is 1.14 bits per heavy atom. The van der Waals surface area contributed by atoms with Crippen molar-refractivity contribution in [2.24, 2.45) is 0 Å². The van der Waals surface area contributed by atoms with E-state index in [2.05, 4.69) is 5.32 Å². The Hall–Kier alpha value is -3.09. The number of rotatable bonds is 8. The SMILES string of the molecule is CCOc1ccc(NC(=O)COc2ccccc2C#N)cc1S(=O)(=O)N(C)C. The van der Waals surface area contributed by atoms with Crippen LogP contribution in [0.4, 0.5) is 5.69 Å². The van der Waals surface area contributed by atoms with Crippen molar-refractivity contribution in [1.29, 1.82) is 5.26 Å². The maximum atomic E-state index is 12.5. The highest BCUT2D eigenvalue weighted by atomic mass is 32.2. The Morgan fingerprint density at radius 3 is 2.50 bits per heavy atom. The lowest BCUT2D eigenvalue weighted by Crippen LogP contribution is -2.24. The molecule has 0 aliphatic carbocycles. The third kappa shape index (κ3) is 5.00. The fourth-order valence-electron chi connectivity index (χ4n) is 2.28. The van der Waals surface area contributed by atoms with Crippen molar-refractivity contribution in [2.75, 3.05) is 32.6 Å². The van der Waals surface area contributed by atoms with Crippen LogP contribution >= 0.6 is 0 Å². The van der Waals surface area contributed by atoms with Gasteiger partial charge in [-0.2, -0.15) is 5.26 Å². The van der Waals surface area contributed by atoms with Gasteiger partial charge in [0.2, 0.25) is 10.0 Å². The first kappa shape index (κ1) is 21.2. The van der Waals surface area contributed by atoms with Gasteiger partial charge in [-0.15, -0.1) is 0 Å². The average molecular weight is 403 g/mol. The number of carbonyl (C=O) groups excluding carboxylic acids is 1. The van der Waals surface area contributed by atoms with Crippen LogP contribution in [-0.2, 0) is 14.8 Å². The van der Waals surface area contributed by atoms with Crippen molar-refractivity contribution < 1.29 is 22.7 Å². The summed E-state index contributed by atoms with van der Waals surface area (Å²) in [5.74, 6) is 0.00113. The number of para-hydroxylation sites is 1. The van der Waals surface area contributed by atoms with Gasteiger partial charge < -0.3 is 14.8 Å². The van der Waals surface area contributed by atoms with E-state index in [1.54, 1.807) is 37.3 Å². The fraction of sp³-hybridized carbons (Fsp3) is 0.263. The van der Waals surface area contributed by atoms with E-state index in [9.17, 15) is 13.2 Å². The summed E-state index contributed by atoms with van der Waals surface area (Å²) >= 11 is 0. The Balaban J connectivity index is 2.17. The van der Waals surface area contributed by atoms with Gasteiger partial charge in [0.1, 0.15) is 22.5 Å².